The number of aliphatic carboxylic acids is 1. The van der Waals surface area contributed by atoms with Crippen molar-refractivity contribution in [1.29, 1.82) is 0 Å². The van der Waals surface area contributed by atoms with Crippen LogP contribution in [0, 0.1) is 5.92 Å². The van der Waals surface area contributed by atoms with Crippen LogP contribution in [0.15, 0.2) is 24.3 Å². The van der Waals surface area contributed by atoms with Crippen LogP contribution < -0.4 is 4.31 Å². The largest absolute Gasteiger partial charge is 0.481 e. The number of carbonyl (C=O) groups is 1. The topological polar surface area (TPSA) is 94.9 Å². The summed E-state index contributed by atoms with van der Waals surface area (Å²) >= 11 is 0. The highest BCUT2D eigenvalue weighted by Crippen LogP contribution is 2.37. The Bertz CT molecular complexity index is 823. The predicted octanol–water partition coefficient (Wildman–Crippen LogP) is 4.58. The molecule has 1 aliphatic heterocycles. The van der Waals surface area contributed by atoms with Crippen molar-refractivity contribution in [3.8, 4) is 0 Å². The van der Waals surface area contributed by atoms with Gasteiger partial charge in [0.1, 0.15) is 11.9 Å². The fraction of sp³-hybridized carbons (Fsp3) is 0.696. The third kappa shape index (κ3) is 6.19. The molecule has 31 heavy (non-hydrogen) atoms. The first-order chi connectivity index (χ1) is 14.8. The van der Waals surface area contributed by atoms with E-state index in [1.165, 1.54) is 10.7 Å². The Morgan fingerprint density at radius 1 is 1.06 bits per heavy atom. The SMILES string of the molecule is O=C(O)CCCCCCC1C(F)CS(=O)(=O)N1c1ccc(C(O)C2CCCCC2)cc1. The van der Waals surface area contributed by atoms with E-state index in [1.54, 1.807) is 24.3 Å². The number of benzene rings is 1. The summed E-state index contributed by atoms with van der Waals surface area (Å²) in [7, 11) is -3.73. The number of unbranched alkanes of at least 4 members (excludes halogenated alkanes) is 3. The first-order valence-electron chi connectivity index (χ1n) is 11.5. The monoisotopic (exact) mass is 455 g/mol. The Morgan fingerprint density at radius 3 is 2.35 bits per heavy atom. The van der Waals surface area contributed by atoms with Gasteiger partial charge in [0.25, 0.3) is 0 Å². The molecule has 2 fully saturated rings. The number of rotatable bonds is 10. The molecule has 8 heteroatoms. The molecule has 3 unspecified atom stereocenters. The summed E-state index contributed by atoms with van der Waals surface area (Å²) in [4.78, 5) is 10.6. The molecular weight excluding hydrogens is 421 g/mol. The molecule has 1 aliphatic carbocycles. The van der Waals surface area contributed by atoms with E-state index >= 15 is 0 Å². The first-order valence-corrected chi connectivity index (χ1v) is 13.1. The average Bonchev–Trinajstić information content (AvgIpc) is 2.98. The van der Waals surface area contributed by atoms with Crippen molar-refractivity contribution < 1.29 is 27.8 Å². The molecule has 0 spiro atoms. The van der Waals surface area contributed by atoms with Crippen molar-refractivity contribution >= 4 is 21.7 Å². The summed E-state index contributed by atoms with van der Waals surface area (Å²) in [6.07, 6.45) is 6.69. The normalized spacial score (nSPS) is 24.9. The van der Waals surface area contributed by atoms with Crippen LogP contribution in [0.2, 0.25) is 0 Å². The molecule has 174 valence electrons. The van der Waals surface area contributed by atoms with Crippen LogP contribution in [0.5, 0.6) is 0 Å². The highest BCUT2D eigenvalue weighted by atomic mass is 32.2. The Kier molecular flexibility index (Phi) is 8.33. The summed E-state index contributed by atoms with van der Waals surface area (Å²) in [6.45, 7) is 0. The summed E-state index contributed by atoms with van der Waals surface area (Å²) in [5, 5.41) is 19.4. The van der Waals surface area contributed by atoms with Crippen LogP contribution in [0.3, 0.4) is 0 Å². The number of nitrogens with zero attached hydrogens (tertiary/aromatic N) is 1. The summed E-state index contributed by atoms with van der Waals surface area (Å²) in [5.74, 6) is -1.10. The van der Waals surface area contributed by atoms with E-state index in [4.69, 9.17) is 5.11 Å². The molecule has 1 aromatic rings. The number of sulfonamides is 1. The number of carboxylic acid groups (broad SMARTS) is 1. The lowest BCUT2D eigenvalue weighted by atomic mass is 9.83. The lowest BCUT2D eigenvalue weighted by Crippen LogP contribution is -2.35. The molecule has 1 heterocycles. The first kappa shape index (κ1) is 24.0. The number of carboxylic acids is 1. The van der Waals surface area contributed by atoms with Gasteiger partial charge in [-0.05, 0) is 49.3 Å². The lowest BCUT2D eigenvalue weighted by Gasteiger charge is -2.28. The molecule has 2 aliphatic rings. The zero-order valence-corrected chi connectivity index (χ0v) is 18.8. The van der Waals surface area contributed by atoms with E-state index in [1.807, 2.05) is 0 Å². The molecule has 0 radical (unpaired) electrons. The Labute approximate surface area is 184 Å². The molecule has 0 bridgehead atoms. The molecule has 0 aromatic heterocycles. The number of hydrogen-bond acceptors (Lipinski definition) is 4. The summed E-state index contributed by atoms with van der Waals surface area (Å²) in [6, 6.07) is 6.14. The number of aliphatic hydroxyl groups is 1. The molecule has 2 N–H and O–H groups in total. The molecule has 3 atom stereocenters. The Morgan fingerprint density at radius 2 is 1.71 bits per heavy atom. The number of anilines is 1. The number of hydrogen-bond donors (Lipinski definition) is 2. The van der Waals surface area contributed by atoms with Gasteiger partial charge in [-0.25, -0.2) is 12.8 Å². The minimum absolute atomic E-state index is 0.120. The molecule has 1 saturated carbocycles. The number of alkyl halides is 1. The van der Waals surface area contributed by atoms with E-state index < -0.39 is 40.1 Å². The van der Waals surface area contributed by atoms with Crippen molar-refractivity contribution in [2.75, 3.05) is 10.1 Å². The standard InChI is InChI=1S/C23H34FNO5S/c24-20-16-31(29,30)25(21(20)10-6-1-2-7-11-22(26)27)19-14-12-18(13-15-19)23(28)17-8-4-3-5-9-17/h12-15,17,20-21,23,28H,1-11,16H2,(H,26,27). The minimum Gasteiger partial charge on any atom is -0.481 e. The summed E-state index contributed by atoms with van der Waals surface area (Å²) < 4.78 is 41.1. The van der Waals surface area contributed by atoms with Gasteiger partial charge >= 0.3 is 5.97 Å². The van der Waals surface area contributed by atoms with E-state index in [-0.39, 0.29) is 12.3 Å². The van der Waals surface area contributed by atoms with Crippen molar-refractivity contribution in [3.05, 3.63) is 29.8 Å². The third-order valence-corrected chi connectivity index (χ3v) is 8.43. The fourth-order valence-electron chi connectivity index (χ4n) is 4.92. The van der Waals surface area contributed by atoms with Crippen molar-refractivity contribution in [3.63, 3.8) is 0 Å². The highest BCUT2D eigenvalue weighted by molar-refractivity contribution is 7.93. The average molecular weight is 456 g/mol. The quantitative estimate of drug-likeness (QED) is 0.504. The van der Waals surface area contributed by atoms with Gasteiger partial charge in [-0.15, -0.1) is 0 Å². The maximum Gasteiger partial charge on any atom is 0.303 e. The second kappa shape index (κ2) is 10.8. The maximum absolute atomic E-state index is 14.6. The molecule has 0 amide bonds. The van der Waals surface area contributed by atoms with Gasteiger partial charge in [0.15, 0.2) is 0 Å². The van der Waals surface area contributed by atoms with Crippen LogP contribution in [-0.4, -0.2) is 42.6 Å². The number of aliphatic hydroxyl groups excluding tert-OH is 1. The fourth-order valence-corrected chi connectivity index (χ4v) is 6.80. The Hall–Kier alpha value is -1.67. The lowest BCUT2D eigenvalue weighted by molar-refractivity contribution is -0.137. The zero-order valence-electron chi connectivity index (χ0n) is 18.0. The Balaban J connectivity index is 1.64. The van der Waals surface area contributed by atoms with Crippen LogP contribution >= 0.6 is 0 Å². The molecule has 6 nitrogen and oxygen atoms in total. The molecular formula is C23H34FNO5S. The van der Waals surface area contributed by atoms with Gasteiger partial charge in [-0.1, -0.05) is 50.7 Å². The van der Waals surface area contributed by atoms with Gasteiger partial charge < -0.3 is 10.2 Å². The smallest absolute Gasteiger partial charge is 0.303 e. The van der Waals surface area contributed by atoms with Gasteiger partial charge in [0, 0.05) is 6.42 Å². The summed E-state index contributed by atoms with van der Waals surface area (Å²) in [5.41, 5.74) is 1.22. The second-order valence-corrected chi connectivity index (χ2v) is 10.8. The molecule has 1 aromatic carbocycles. The van der Waals surface area contributed by atoms with Crippen LogP contribution in [-0.2, 0) is 14.8 Å². The minimum atomic E-state index is -3.73. The second-order valence-electron chi connectivity index (χ2n) is 8.94. The molecule has 3 rings (SSSR count). The van der Waals surface area contributed by atoms with Crippen molar-refractivity contribution in [2.24, 2.45) is 5.92 Å². The van der Waals surface area contributed by atoms with Gasteiger partial charge in [0.05, 0.1) is 17.8 Å². The van der Waals surface area contributed by atoms with E-state index in [0.29, 0.717) is 24.9 Å². The van der Waals surface area contributed by atoms with Gasteiger partial charge in [0.2, 0.25) is 10.0 Å². The van der Waals surface area contributed by atoms with Gasteiger partial charge in [-0.3, -0.25) is 9.10 Å². The molecule has 1 saturated heterocycles. The van der Waals surface area contributed by atoms with Gasteiger partial charge in [-0.2, -0.15) is 0 Å². The van der Waals surface area contributed by atoms with E-state index in [9.17, 15) is 22.7 Å². The van der Waals surface area contributed by atoms with Crippen molar-refractivity contribution in [1.82, 2.24) is 0 Å². The third-order valence-electron chi connectivity index (χ3n) is 6.61. The van der Waals surface area contributed by atoms with Crippen LogP contribution in [0.1, 0.15) is 82.3 Å². The number of halogens is 1. The van der Waals surface area contributed by atoms with Crippen LogP contribution in [0.4, 0.5) is 10.1 Å². The maximum atomic E-state index is 14.6. The van der Waals surface area contributed by atoms with E-state index in [2.05, 4.69) is 0 Å². The highest BCUT2D eigenvalue weighted by Gasteiger charge is 2.45. The zero-order chi connectivity index (χ0) is 22.4. The van der Waals surface area contributed by atoms with Crippen LogP contribution in [0.25, 0.3) is 0 Å². The van der Waals surface area contributed by atoms with Crippen molar-refractivity contribution in [2.45, 2.75) is 88.9 Å². The predicted molar refractivity (Wildman–Crippen MR) is 118 cm³/mol. The van der Waals surface area contributed by atoms with E-state index in [0.717, 1.165) is 44.1 Å².